The largest absolute Gasteiger partial charge is 0.573 e. The second-order valence-corrected chi connectivity index (χ2v) is 10.5. The third-order valence-corrected chi connectivity index (χ3v) is 7.68. The lowest BCUT2D eigenvalue weighted by Crippen LogP contribution is -2.31. The van der Waals surface area contributed by atoms with Crippen molar-refractivity contribution in [2.45, 2.75) is 24.7 Å². The topological polar surface area (TPSA) is 81.7 Å². The van der Waals surface area contributed by atoms with E-state index in [9.17, 15) is 21.6 Å². The van der Waals surface area contributed by atoms with Crippen molar-refractivity contribution >= 4 is 33.1 Å². The van der Waals surface area contributed by atoms with Crippen LogP contribution >= 0.6 is 11.6 Å². The van der Waals surface area contributed by atoms with Crippen molar-refractivity contribution in [3.8, 4) is 11.4 Å². The summed E-state index contributed by atoms with van der Waals surface area (Å²) < 4.78 is 73.9. The van der Waals surface area contributed by atoms with Crippen molar-refractivity contribution in [2.75, 3.05) is 4.31 Å². The van der Waals surface area contributed by atoms with Crippen LogP contribution in [-0.2, 0) is 16.6 Å². The number of fused-ring (bicyclic) bond motifs is 1. The Morgan fingerprint density at radius 1 is 1.03 bits per heavy atom. The standard InChI is InChI=1S/C25H19ClF3N5O3S/c1-17-24(31-23-12-5-19(26)16-32(17)23)34(15-18-3-8-21(9-4-18)37-25(27,28)29)38(35,36)22-10-6-20(7-11-22)33-14-2-13-30-33/h2-14,16H,15H2,1H3. The maximum atomic E-state index is 13.9. The Kier molecular flexibility index (Phi) is 6.53. The smallest absolute Gasteiger partial charge is 0.406 e. The van der Waals surface area contributed by atoms with E-state index in [1.54, 1.807) is 64.9 Å². The highest BCUT2D eigenvalue weighted by Gasteiger charge is 2.32. The van der Waals surface area contributed by atoms with Gasteiger partial charge in [-0.3, -0.25) is 0 Å². The second-order valence-electron chi connectivity index (χ2n) is 8.24. The second kappa shape index (κ2) is 9.69. The van der Waals surface area contributed by atoms with E-state index in [0.717, 1.165) is 16.4 Å². The molecule has 0 aliphatic rings. The molecule has 0 aliphatic carbocycles. The van der Waals surface area contributed by atoms with E-state index in [1.165, 1.54) is 24.3 Å². The number of aromatic nitrogens is 4. The van der Waals surface area contributed by atoms with E-state index >= 15 is 0 Å². The third-order valence-electron chi connectivity index (χ3n) is 5.71. The first-order valence-corrected chi connectivity index (χ1v) is 12.9. The van der Waals surface area contributed by atoms with Crippen LogP contribution in [0.3, 0.4) is 0 Å². The van der Waals surface area contributed by atoms with Gasteiger partial charge < -0.3 is 9.14 Å². The Morgan fingerprint density at radius 3 is 2.37 bits per heavy atom. The molecule has 3 aromatic heterocycles. The summed E-state index contributed by atoms with van der Waals surface area (Å²) in [6.45, 7) is 1.50. The van der Waals surface area contributed by atoms with E-state index in [4.69, 9.17) is 11.6 Å². The zero-order valence-corrected chi connectivity index (χ0v) is 21.2. The Bertz CT molecular complexity index is 1690. The lowest BCUT2D eigenvalue weighted by molar-refractivity contribution is -0.274. The summed E-state index contributed by atoms with van der Waals surface area (Å²) in [6, 6.07) is 16.2. The fraction of sp³-hybridized carbons (Fsp3) is 0.120. The van der Waals surface area contributed by atoms with E-state index in [-0.39, 0.29) is 17.3 Å². The quantitative estimate of drug-likeness (QED) is 0.252. The molecule has 5 aromatic rings. The molecule has 13 heteroatoms. The molecule has 2 aromatic carbocycles. The summed E-state index contributed by atoms with van der Waals surface area (Å²) in [4.78, 5) is 4.53. The van der Waals surface area contributed by atoms with Gasteiger partial charge in [-0.2, -0.15) is 5.10 Å². The minimum Gasteiger partial charge on any atom is -0.406 e. The molecule has 0 bridgehead atoms. The molecule has 196 valence electrons. The Balaban J connectivity index is 1.56. The molecule has 0 saturated heterocycles. The molecule has 0 atom stereocenters. The van der Waals surface area contributed by atoms with Gasteiger partial charge in [0.25, 0.3) is 10.0 Å². The highest BCUT2D eigenvalue weighted by Crippen LogP contribution is 2.31. The number of ether oxygens (including phenoxy) is 1. The average molecular weight is 562 g/mol. The van der Waals surface area contributed by atoms with Gasteiger partial charge in [0.15, 0.2) is 5.82 Å². The van der Waals surface area contributed by atoms with Gasteiger partial charge in [-0.15, -0.1) is 13.2 Å². The SMILES string of the molecule is Cc1c(N(Cc2ccc(OC(F)(F)F)cc2)S(=O)(=O)c2ccc(-n3cccn3)cc2)nc2ccc(Cl)cn12. The molecule has 3 heterocycles. The monoisotopic (exact) mass is 561 g/mol. The van der Waals surface area contributed by atoms with Gasteiger partial charge in [-0.05, 0) is 67.1 Å². The van der Waals surface area contributed by atoms with Crippen LogP contribution in [0, 0.1) is 6.92 Å². The molecule has 0 spiro atoms. The first kappa shape index (κ1) is 25.6. The van der Waals surface area contributed by atoms with E-state index < -0.39 is 22.1 Å². The third kappa shape index (κ3) is 5.18. The zero-order chi connectivity index (χ0) is 27.1. The van der Waals surface area contributed by atoms with E-state index in [0.29, 0.717) is 27.6 Å². The van der Waals surface area contributed by atoms with E-state index in [1.807, 2.05) is 0 Å². The van der Waals surface area contributed by atoms with Crippen LogP contribution in [-0.4, -0.2) is 33.9 Å². The number of aryl methyl sites for hydroxylation is 1. The number of alkyl halides is 3. The van der Waals surface area contributed by atoms with Crippen LogP contribution in [0.15, 0.2) is 90.2 Å². The summed E-state index contributed by atoms with van der Waals surface area (Å²) in [5.74, 6) is -0.262. The lowest BCUT2D eigenvalue weighted by Gasteiger charge is -2.23. The summed E-state index contributed by atoms with van der Waals surface area (Å²) in [5, 5.41) is 4.58. The summed E-state index contributed by atoms with van der Waals surface area (Å²) in [5.41, 5.74) is 2.08. The number of sulfonamides is 1. The zero-order valence-electron chi connectivity index (χ0n) is 19.7. The summed E-state index contributed by atoms with van der Waals surface area (Å²) in [7, 11) is -4.17. The van der Waals surface area contributed by atoms with Gasteiger partial charge in [0.1, 0.15) is 11.4 Å². The molecule has 0 aliphatic heterocycles. The predicted octanol–water partition coefficient (Wildman–Crippen LogP) is 5.78. The van der Waals surface area contributed by atoms with Crippen LogP contribution in [0.25, 0.3) is 11.3 Å². The number of rotatable bonds is 7. The Labute approximate surface area is 220 Å². The normalized spacial score (nSPS) is 12.1. The fourth-order valence-corrected chi connectivity index (χ4v) is 5.53. The molecule has 0 radical (unpaired) electrons. The van der Waals surface area contributed by atoms with Crippen LogP contribution in [0.2, 0.25) is 5.02 Å². The molecule has 0 amide bonds. The van der Waals surface area contributed by atoms with Gasteiger partial charge in [-0.25, -0.2) is 22.4 Å². The van der Waals surface area contributed by atoms with Crippen LogP contribution in [0.4, 0.5) is 19.0 Å². The minimum atomic E-state index is -4.84. The minimum absolute atomic E-state index is 0.0000745. The average Bonchev–Trinajstić information content (AvgIpc) is 3.51. The molecule has 0 fully saturated rings. The summed E-state index contributed by atoms with van der Waals surface area (Å²) in [6.07, 6.45) is 0.118. The number of hydrogen-bond donors (Lipinski definition) is 0. The predicted molar refractivity (Wildman–Crippen MR) is 135 cm³/mol. The fourth-order valence-electron chi connectivity index (χ4n) is 3.92. The maximum Gasteiger partial charge on any atom is 0.573 e. The Morgan fingerprint density at radius 2 is 1.74 bits per heavy atom. The number of imidazole rings is 1. The first-order chi connectivity index (χ1) is 18.0. The van der Waals surface area contributed by atoms with Crippen LogP contribution in [0.1, 0.15) is 11.3 Å². The highest BCUT2D eigenvalue weighted by molar-refractivity contribution is 7.92. The molecule has 38 heavy (non-hydrogen) atoms. The summed E-state index contributed by atoms with van der Waals surface area (Å²) >= 11 is 6.13. The lowest BCUT2D eigenvalue weighted by atomic mass is 10.2. The van der Waals surface area contributed by atoms with Crippen LogP contribution in [0.5, 0.6) is 5.75 Å². The van der Waals surface area contributed by atoms with Crippen molar-refractivity contribution in [2.24, 2.45) is 0 Å². The number of halogens is 4. The van der Waals surface area contributed by atoms with Crippen molar-refractivity contribution in [1.82, 2.24) is 19.2 Å². The van der Waals surface area contributed by atoms with Crippen molar-refractivity contribution < 1.29 is 26.3 Å². The molecular formula is C25H19ClF3N5O3S. The van der Waals surface area contributed by atoms with E-state index in [2.05, 4.69) is 14.8 Å². The van der Waals surface area contributed by atoms with Crippen LogP contribution < -0.4 is 9.04 Å². The molecule has 5 rings (SSSR count). The van der Waals surface area contributed by atoms with Crippen molar-refractivity contribution in [3.05, 3.63) is 102 Å². The molecule has 0 N–H and O–H groups in total. The number of benzene rings is 2. The molecule has 0 unspecified atom stereocenters. The first-order valence-electron chi connectivity index (χ1n) is 11.1. The van der Waals surface area contributed by atoms with Crippen molar-refractivity contribution in [1.29, 1.82) is 0 Å². The maximum absolute atomic E-state index is 13.9. The van der Waals surface area contributed by atoms with Gasteiger partial charge >= 0.3 is 6.36 Å². The highest BCUT2D eigenvalue weighted by atomic mass is 35.5. The number of pyridine rings is 1. The Hall–Kier alpha value is -4.03. The van der Waals surface area contributed by atoms with Gasteiger partial charge in [0.2, 0.25) is 0 Å². The molecule has 0 saturated carbocycles. The van der Waals surface area contributed by atoms with Gasteiger partial charge in [-0.1, -0.05) is 23.7 Å². The van der Waals surface area contributed by atoms with Crippen molar-refractivity contribution in [3.63, 3.8) is 0 Å². The van der Waals surface area contributed by atoms with Gasteiger partial charge in [0, 0.05) is 18.6 Å². The molecule has 8 nitrogen and oxygen atoms in total. The van der Waals surface area contributed by atoms with Gasteiger partial charge in [0.05, 0.1) is 27.8 Å². The number of anilines is 1. The molecular weight excluding hydrogens is 543 g/mol. The number of nitrogens with zero attached hydrogens (tertiary/aromatic N) is 5. The number of hydrogen-bond acceptors (Lipinski definition) is 5.